The van der Waals surface area contributed by atoms with E-state index in [0.717, 1.165) is 4.70 Å². The monoisotopic (exact) mass is 299 g/mol. The quantitative estimate of drug-likeness (QED) is 0.728. The molecule has 0 aliphatic heterocycles. The number of hydrogen-bond acceptors (Lipinski definition) is 4. The van der Waals surface area contributed by atoms with Crippen molar-refractivity contribution in [3.05, 3.63) is 58.9 Å². The number of nitrogens with two attached hydrogens (primary N) is 1. The van der Waals surface area contributed by atoms with Crippen molar-refractivity contribution in [1.82, 2.24) is 3.96 Å². The molecule has 0 spiro atoms. The molecule has 5 nitrogen and oxygen atoms in total. The SMILES string of the molecule is Nc1ccc2sn(CC(=O)Nc3ccccc3)c(=O)c2c1. The average Bonchev–Trinajstić information content (AvgIpc) is 2.76. The fourth-order valence-electron chi connectivity index (χ4n) is 2.05. The van der Waals surface area contributed by atoms with E-state index in [1.54, 1.807) is 30.3 Å². The highest BCUT2D eigenvalue weighted by Crippen LogP contribution is 2.19. The molecule has 1 heterocycles. The van der Waals surface area contributed by atoms with Crippen LogP contribution in [0.3, 0.4) is 0 Å². The number of nitrogens with zero attached hydrogens (tertiary/aromatic N) is 1. The second kappa shape index (κ2) is 5.41. The van der Waals surface area contributed by atoms with Gasteiger partial charge < -0.3 is 11.1 Å². The van der Waals surface area contributed by atoms with Gasteiger partial charge in [0, 0.05) is 11.4 Å². The first-order valence-electron chi connectivity index (χ1n) is 6.38. The summed E-state index contributed by atoms with van der Waals surface area (Å²) in [4.78, 5) is 24.2. The molecule has 3 aromatic rings. The second-order valence-electron chi connectivity index (χ2n) is 4.60. The number of benzene rings is 2. The van der Waals surface area contributed by atoms with E-state index in [4.69, 9.17) is 5.73 Å². The number of carbonyl (C=O) groups excluding carboxylic acids is 1. The Morgan fingerprint density at radius 3 is 2.71 bits per heavy atom. The van der Waals surface area contributed by atoms with E-state index in [2.05, 4.69) is 5.32 Å². The molecular formula is C15H13N3O2S. The summed E-state index contributed by atoms with van der Waals surface area (Å²) >= 11 is 1.26. The van der Waals surface area contributed by atoms with Crippen molar-refractivity contribution in [2.24, 2.45) is 0 Å². The van der Waals surface area contributed by atoms with Crippen molar-refractivity contribution in [3.8, 4) is 0 Å². The Bertz CT molecular complexity index is 852. The van der Waals surface area contributed by atoms with E-state index < -0.39 is 0 Å². The summed E-state index contributed by atoms with van der Waals surface area (Å²) in [5.74, 6) is -0.233. The Morgan fingerprint density at radius 1 is 1.19 bits per heavy atom. The third kappa shape index (κ3) is 2.80. The van der Waals surface area contributed by atoms with Crippen LogP contribution < -0.4 is 16.6 Å². The van der Waals surface area contributed by atoms with Gasteiger partial charge in [0.15, 0.2) is 0 Å². The molecule has 21 heavy (non-hydrogen) atoms. The van der Waals surface area contributed by atoms with Crippen LogP contribution in [-0.4, -0.2) is 9.86 Å². The number of rotatable bonds is 3. The minimum absolute atomic E-state index is 0.00697. The summed E-state index contributed by atoms with van der Waals surface area (Å²) in [6, 6.07) is 14.3. The zero-order valence-electron chi connectivity index (χ0n) is 11.1. The standard InChI is InChI=1S/C15H13N3O2S/c16-10-6-7-13-12(8-10)15(20)18(21-13)9-14(19)17-11-4-2-1-3-5-11/h1-8H,9,16H2,(H,17,19). The van der Waals surface area contributed by atoms with Crippen LogP contribution in [0.1, 0.15) is 0 Å². The predicted octanol–water partition coefficient (Wildman–Crippen LogP) is 2.28. The van der Waals surface area contributed by atoms with Gasteiger partial charge in [-0.2, -0.15) is 0 Å². The van der Waals surface area contributed by atoms with Crippen LogP contribution in [0, 0.1) is 0 Å². The Kier molecular flexibility index (Phi) is 3.45. The molecule has 0 bridgehead atoms. The lowest BCUT2D eigenvalue weighted by atomic mass is 10.2. The van der Waals surface area contributed by atoms with Crippen molar-refractivity contribution < 1.29 is 4.79 Å². The summed E-state index contributed by atoms with van der Waals surface area (Å²) in [7, 11) is 0. The highest BCUT2D eigenvalue weighted by atomic mass is 32.1. The average molecular weight is 299 g/mol. The zero-order valence-corrected chi connectivity index (χ0v) is 11.9. The van der Waals surface area contributed by atoms with Gasteiger partial charge in [0.1, 0.15) is 6.54 Å². The number of carbonyl (C=O) groups is 1. The molecule has 1 aromatic heterocycles. The van der Waals surface area contributed by atoms with E-state index in [1.165, 1.54) is 15.5 Å². The van der Waals surface area contributed by atoms with Gasteiger partial charge in [-0.25, -0.2) is 0 Å². The molecule has 6 heteroatoms. The molecule has 2 aromatic carbocycles. The van der Waals surface area contributed by atoms with E-state index in [-0.39, 0.29) is 18.0 Å². The van der Waals surface area contributed by atoms with E-state index in [1.807, 2.05) is 18.2 Å². The van der Waals surface area contributed by atoms with Crippen LogP contribution in [0.5, 0.6) is 0 Å². The lowest BCUT2D eigenvalue weighted by Gasteiger charge is -2.04. The molecule has 0 radical (unpaired) electrons. The van der Waals surface area contributed by atoms with E-state index in [0.29, 0.717) is 16.8 Å². The molecule has 0 saturated heterocycles. The molecule has 1 amide bonds. The molecule has 106 valence electrons. The Morgan fingerprint density at radius 2 is 1.95 bits per heavy atom. The topological polar surface area (TPSA) is 77.1 Å². The Labute approximate surface area is 124 Å². The van der Waals surface area contributed by atoms with Gasteiger partial charge >= 0.3 is 0 Å². The van der Waals surface area contributed by atoms with Gasteiger partial charge in [-0.15, -0.1) is 0 Å². The van der Waals surface area contributed by atoms with Crippen LogP contribution in [0.2, 0.25) is 0 Å². The van der Waals surface area contributed by atoms with Crippen molar-refractivity contribution >= 4 is 38.9 Å². The second-order valence-corrected chi connectivity index (χ2v) is 5.67. The lowest BCUT2D eigenvalue weighted by molar-refractivity contribution is -0.116. The van der Waals surface area contributed by atoms with Crippen molar-refractivity contribution in [2.45, 2.75) is 6.54 Å². The fourth-order valence-corrected chi connectivity index (χ4v) is 3.02. The number of para-hydroxylation sites is 1. The molecule has 0 unspecified atom stereocenters. The molecule has 0 atom stereocenters. The first kappa shape index (κ1) is 13.4. The number of amides is 1. The smallest absolute Gasteiger partial charge is 0.269 e. The molecule has 3 N–H and O–H groups in total. The number of nitrogens with one attached hydrogen (secondary N) is 1. The van der Waals surface area contributed by atoms with Crippen LogP contribution >= 0.6 is 11.5 Å². The van der Waals surface area contributed by atoms with Gasteiger partial charge in [-0.05, 0) is 30.3 Å². The van der Waals surface area contributed by atoms with Crippen molar-refractivity contribution in [2.75, 3.05) is 11.1 Å². The number of nitrogen functional groups attached to an aromatic ring is 1. The third-order valence-corrected chi connectivity index (χ3v) is 4.08. The number of fused-ring (bicyclic) bond motifs is 1. The van der Waals surface area contributed by atoms with Gasteiger partial charge in [0.05, 0.1) is 10.1 Å². The van der Waals surface area contributed by atoms with Crippen molar-refractivity contribution in [1.29, 1.82) is 0 Å². The summed E-state index contributed by atoms with van der Waals surface area (Å²) in [5, 5.41) is 3.31. The maximum atomic E-state index is 12.2. The van der Waals surface area contributed by atoms with Crippen molar-refractivity contribution in [3.63, 3.8) is 0 Å². The van der Waals surface area contributed by atoms with Crippen LogP contribution in [0.15, 0.2) is 53.3 Å². The first-order chi connectivity index (χ1) is 10.1. The predicted molar refractivity (Wildman–Crippen MR) is 85.6 cm³/mol. The zero-order chi connectivity index (χ0) is 14.8. The molecule has 0 aliphatic rings. The minimum Gasteiger partial charge on any atom is -0.399 e. The van der Waals surface area contributed by atoms with Gasteiger partial charge in [0.2, 0.25) is 5.91 Å². The number of hydrogen-bond donors (Lipinski definition) is 2. The number of aromatic nitrogens is 1. The fraction of sp³-hybridized carbons (Fsp3) is 0.0667. The van der Waals surface area contributed by atoms with E-state index in [9.17, 15) is 9.59 Å². The first-order valence-corrected chi connectivity index (χ1v) is 7.15. The van der Waals surface area contributed by atoms with Crippen LogP contribution in [0.4, 0.5) is 11.4 Å². The molecule has 0 saturated carbocycles. The largest absolute Gasteiger partial charge is 0.399 e. The minimum atomic E-state index is -0.233. The maximum Gasteiger partial charge on any atom is 0.269 e. The molecule has 0 aliphatic carbocycles. The maximum absolute atomic E-state index is 12.2. The Hall–Kier alpha value is -2.60. The van der Waals surface area contributed by atoms with Crippen LogP contribution in [-0.2, 0) is 11.3 Å². The molecular weight excluding hydrogens is 286 g/mol. The highest BCUT2D eigenvalue weighted by molar-refractivity contribution is 7.13. The normalized spacial score (nSPS) is 10.7. The van der Waals surface area contributed by atoms with Gasteiger partial charge in [-0.3, -0.25) is 13.5 Å². The summed E-state index contributed by atoms with van der Waals surface area (Å²) in [6.45, 7) is -0.00697. The van der Waals surface area contributed by atoms with Gasteiger partial charge in [0.25, 0.3) is 5.56 Å². The summed E-state index contributed by atoms with van der Waals surface area (Å²) in [5.41, 5.74) is 6.74. The number of anilines is 2. The highest BCUT2D eigenvalue weighted by Gasteiger charge is 2.11. The summed E-state index contributed by atoms with van der Waals surface area (Å²) in [6.07, 6.45) is 0. The molecule has 0 fully saturated rings. The molecule has 3 rings (SSSR count). The summed E-state index contributed by atoms with van der Waals surface area (Å²) < 4.78 is 2.25. The third-order valence-electron chi connectivity index (χ3n) is 3.01. The van der Waals surface area contributed by atoms with Gasteiger partial charge in [-0.1, -0.05) is 29.7 Å². The van der Waals surface area contributed by atoms with Crippen LogP contribution in [0.25, 0.3) is 10.1 Å². The Balaban J connectivity index is 1.83. The van der Waals surface area contributed by atoms with E-state index >= 15 is 0 Å². The lowest BCUT2D eigenvalue weighted by Crippen LogP contribution is -2.23.